The SMILES string of the molecule is CN(C)c1nc(NCc2ccccc2)c2ncn(C3CCCO3)c2n1. The molecular formula is C18H22N6O. The summed E-state index contributed by atoms with van der Waals surface area (Å²) in [6, 6.07) is 10.3. The van der Waals surface area contributed by atoms with E-state index in [0.29, 0.717) is 12.5 Å². The van der Waals surface area contributed by atoms with E-state index >= 15 is 0 Å². The van der Waals surface area contributed by atoms with Gasteiger partial charge in [-0.2, -0.15) is 9.97 Å². The lowest BCUT2D eigenvalue weighted by Crippen LogP contribution is -2.15. The summed E-state index contributed by atoms with van der Waals surface area (Å²) in [5.41, 5.74) is 2.78. The molecule has 1 aliphatic heterocycles. The van der Waals surface area contributed by atoms with Crippen LogP contribution in [0.3, 0.4) is 0 Å². The number of hydrogen-bond acceptors (Lipinski definition) is 6. The van der Waals surface area contributed by atoms with Gasteiger partial charge in [0.25, 0.3) is 0 Å². The highest BCUT2D eigenvalue weighted by molar-refractivity contribution is 5.84. The largest absolute Gasteiger partial charge is 0.364 e. The molecule has 0 aliphatic carbocycles. The van der Waals surface area contributed by atoms with Gasteiger partial charge in [0.2, 0.25) is 5.95 Å². The number of fused-ring (bicyclic) bond motifs is 1. The van der Waals surface area contributed by atoms with Crippen LogP contribution in [0, 0.1) is 0 Å². The Balaban J connectivity index is 1.71. The zero-order valence-electron chi connectivity index (χ0n) is 14.5. The first-order valence-corrected chi connectivity index (χ1v) is 8.53. The molecule has 2 aromatic heterocycles. The van der Waals surface area contributed by atoms with E-state index in [1.165, 1.54) is 5.56 Å². The summed E-state index contributed by atoms with van der Waals surface area (Å²) in [6.45, 7) is 1.47. The van der Waals surface area contributed by atoms with E-state index in [-0.39, 0.29) is 6.23 Å². The van der Waals surface area contributed by atoms with Crippen molar-refractivity contribution in [3.05, 3.63) is 42.2 Å². The summed E-state index contributed by atoms with van der Waals surface area (Å²) in [7, 11) is 3.88. The second-order valence-electron chi connectivity index (χ2n) is 6.40. The molecule has 0 radical (unpaired) electrons. The van der Waals surface area contributed by atoms with E-state index < -0.39 is 0 Å². The molecule has 7 heteroatoms. The topological polar surface area (TPSA) is 68.1 Å². The van der Waals surface area contributed by atoms with Gasteiger partial charge >= 0.3 is 0 Å². The van der Waals surface area contributed by atoms with Gasteiger partial charge in [0, 0.05) is 27.2 Å². The van der Waals surface area contributed by atoms with E-state index in [1.807, 2.05) is 48.1 Å². The summed E-state index contributed by atoms with van der Waals surface area (Å²) < 4.78 is 7.82. The maximum absolute atomic E-state index is 5.80. The molecule has 0 amide bonds. The molecule has 1 atom stereocenters. The zero-order chi connectivity index (χ0) is 17.2. The fraction of sp³-hybridized carbons (Fsp3) is 0.389. The number of benzene rings is 1. The molecule has 25 heavy (non-hydrogen) atoms. The lowest BCUT2D eigenvalue weighted by atomic mass is 10.2. The molecule has 3 heterocycles. The van der Waals surface area contributed by atoms with Crippen molar-refractivity contribution in [2.75, 3.05) is 30.9 Å². The van der Waals surface area contributed by atoms with Crippen molar-refractivity contribution >= 4 is 22.9 Å². The Bertz CT molecular complexity index is 855. The number of nitrogens with zero attached hydrogens (tertiary/aromatic N) is 5. The van der Waals surface area contributed by atoms with Gasteiger partial charge in [-0.15, -0.1) is 0 Å². The lowest BCUT2D eigenvalue weighted by Gasteiger charge is -2.15. The second kappa shape index (κ2) is 6.68. The van der Waals surface area contributed by atoms with Crippen molar-refractivity contribution in [2.24, 2.45) is 0 Å². The number of ether oxygens (including phenoxy) is 1. The van der Waals surface area contributed by atoms with Crippen LogP contribution in [0.4, 0.5) is 11.8 Å². The molecule has 4 rings (SSSR count). The Morgan fingerprint density at radius 1 is 1.24 bits per heavy atom. The highest BCUT2D eigenvalue weighted by Crippen LogP contribution is 2.29. The standard InChI is InChI=1S/C18H22N6O/c1-23(2)18-21-16(19-11-13-7-4-3-5-8-13)15-17(22-18)24(12-20-15)14-9-6-10-25-14/h3-5,7-8,12,14H,6,9-11H2,1-2H3,(H,19,21,22). The van der Waals surface area contributed by atoms with Gasteiger partial charge in [-0.3, -0.25) is 4.57 Å². The van der Waals surface area contributed by atoms with Crippen LogP contribution in [-0.2, 0) is 11.3 Å². The summed E-state index contributed by atoms with van der Waals surface area (Å²) in [5.74, 6) is 1.40. The maximum atomic E-state index is 5.80. The van der Waals surface area contributed by atoms with Crippen molar-refractivity contribution in [3.8, 4) is 0 Å². The summed E-state index contributed by atoms with van der Waals surface area (Å²) in [6.07, 6.45) is 3.87. The number of anilines is 2. The third kappa shape index (κ3) is 3.15. The van der Waals surface area contributed by atoms with Crippen LogP contribution >= 0.6 is 0 Å². The minimum absolute atomic E-state index is 0.0110. The van der Waals surface area contributed by atoms with Crippen LogP contribution in [0.5, 0.6) is 0 Å². The van der Waals surface area contributed by atoms with Crippen LogP contribution in [0.2, 0.25) is 0 Å². The number of imidazole rings is 1. The first kappa shape index (κ1) is 15.8. The van der Waals surface area contributed by atoms with E-state index in [4.69, 9.17) is 9.72 Å². The molecule has 7 nitrogen and oxygen atoms in total. The van der Waals surface area contributed by atoms with E-state index in [1.54, 1.807) is 0 Å². The molecule has 1 aliphatic rings. The van der Waals surface area contributed by atoms with Gasteiger partial charge < -0.3 is 15.0 Å². The molecule has 130 valence electrons. The van der Waals surface area contributed by atoms with Crippen molar-refractivity contribution in [1.29, 1.82) is 0 Å². The Labute approximate surface area is 146 Å². The Morgan fingerprint density at radius 3 is 2.80 bits per heavy atom. The monoisotopic (exact) mass is 338 g/mol. The van der Waals surface area contributed by atoms with Crippen molar-refractivity contribution in [3.63, 3.8) is 0 Å². The maximum Gasteiger partial charge on any atom is 0.228 e. The van der Waals surface area contributed by atoms with E-state index in [0.717, 1.165) is 36.4 Å². The normalized spacial score (nSPS) is 17.1. The minimum Gasteiger partial charge on any atom is -0.364 e. The quantitative estimate of drug-likeness (QED) is 0.771. The van der Waals surface area contributed by atoms with Crippen LogP contribution in [0.25, 0.3) is 11.2 Å². The number of rotatable bonds is 5. The van der Waals surface area contributed by atoms with E-state index in [9.17, 15) is 0 Å². The second-order valence-corrected chi connectivity index (χ2v) is 6.40. The van der Waals surface area contributed by atoms with Gasteiger partial charge in [-0.1, -0.05) is 30.3 Å². The molecule has 1 saturated heterocycles. The molecule has 1 aromatic carbocycles. The number of aromatic nitrogens is 4. The Morgan fingerprint density at radius 2 is 2.08 bits per heavy atom. The third-order valence-corrected chi connectivity index (χ3v) is 4.33. The molecule has 1 fully saturated rings. The number of hydrogen-bond donors (Lipinski definition) is 1. The van der Waals surface area contributed by atoms with E-state index in [2.05, 4.69) is 27.4 Å². The lowest BCUT2D eigenvalue weighted by molar-refractivity contribution is 0.0593. The van der Waals surface area contributed by atoms with Crippen molar-refractivity contribution in [1.82, 2.24) is 19.5 Å². The zero-order valence-corrected chi connectivity index (χ0v) is 14.5. The minimum atomic E-state index is 0.0110. The predicted octanol–water partition coefficient (Wildman–Crippen LogP) is 2.81. The van der Waals surface area contributed by atoms with Crippen LogP contribution in [0.1, 0.15) is 24.6 Å². The van der Waals surface area contributed by atoms with Crippen molar-refractivity contribution < 1.29 is 4.74 Å². The fourth-order valence-electron chi connectivity index (χ4n) is 3.00. The fourth-order valence-corrected chi connectivity index (χ4v) is 3.00. The summed E-state index contributed by atoms with van der Waals surface area (Å²) in [5, 5.41) is 3.41. The van der Waals surface area contributed by atoms with Gasteiger partial charge in [-0.25, -0.2) is 4.98 Å². The molecule has 3 aromatic rings. The predicted molar refractivity (Wildman–Crippen MR) is 97.6 cm³/mol. The number of nitrogens with one attached hydrogen (secondary N) is 1. The highest BCUT2D eigenvalue weighted by Gasteiger charge is 2.22. The van der Waals surface area contributed by atoms with Crippen LogP contribution in [-0.4, -0.2) is 40.2 Å². The Kier molecular flexibility index (Phi) is 4.23. The summed E-state index contributed by atoms with van der Waals surface area (Å²) in [4.78, 5) is 15.8. The first-order chi connectivity index (χ1) is 12.2. The smallest absolute Gasteiger partial charge is 0.228 e. The average molecular weight is 338 g/mol. The molecular weight excluding hydrogens is 316 g/mol. The molecule has 1 N–H and O–H groups in total. The molecule has 0 bridgehead atoms. The molecule has 0 spiro atoms. The van der Waals surface area contributed by atoms with Gasteiger partial charge in [0.15, 0.2) is 17.0 Å². The summed E-state index contributed by atoms with van der Waals surface area (Å²) >= 11 is 0. The first-order valence-electron chi connectivity index (χ1n) is 8.53. The van der Waals surface area contributed by atoms with Gasteiger partial charge in [0.05, 0.1) is 6.33 Å². The van der Waals surface area contributed by atoms with Gasteiger partial charge in [0.1, 0.15) is 6.23 Å². The highest BCUT2D eigenvalue weighted by atomic mass is 16.5. The Hall–Kier alpha value is -2.67. The molecule has 1 unspecified atom stereocenters. The van der Waals surface area contributed by atoms with Gasteiger partial charge in [-0.05, 0) is 18.4 Å². The van der Waals surface area contributed by atoms with Crippen LogP contribution in [0.15, 0.2) is 36.7 Å². The molecule has 0 saturated carbocycles. The van der Waals surface area contributed by atoms with Crippen molar-refractivity contribution in [2.45, 2.75) is 25.6 Å². The average Bonchev–Trinajstić information content (AvgIpc) is 3.29. The van der Waals surface area contributed by atoms with Crippen LogP contribution < -0.4 is 10.2 Å². The third-order valence-electron chi connectivity index (χ3n) is 4.33.